The third kappa shape index (κ3) is 4.87. The molecule has 1 aliphatic rings. The average molecular weight is 443 g/mol. The van der Waals surface area contributed by atoms with Gasteiger partial charge in [0.1, 0.15) is 10.8 Å². The van der Waals surface area contributed by atoms with E-state index in [0.717, 1.165) is 10.9 Å². The third-order valence-corrected chi connectivity index (χ3v) is 5.65. The normalized spacial score (nSPS) is 18.2. The number of rotatable bonds is 6. The summed E-state index contributed by atoms with van der Waals surface area (Å²) in [5.74, 6) is -0.966. The van der Waals surface area contributed by atoms with Crippen molar-refractivity contribution >= 4 is 34.3 Å². The molecule has 0 radical (unpaired) electrons. The molecule has 9 heteroatoms. The maximum absolute atomic E-state index is 12.9. The van der Waals surface area contributed by atoms with Crippen LogP contribution in [0.15, 0.2) is 48.7 Å². The summed E-state index contributed by atoms with van der Waals surface area (Å²) in [7, 11) is 0. The summed E-state index contributed by atoms with van der Waals surface area (Å²) in [4.78, 5) is 34.1. The number of halogens is 1. The second kappa shape index (κ2) is 9.05. The molecule has 3 heterocycles. The standard InChI is InChI=1S/C22H23ClN4O4/c23-19-10-14-9-17(25-18(14)11-24-19)21(30)26-16(8-13-4-2-1-3-5-13)20(29)22(31)27-7-6-15(28)12-27/h1-5,9-11,15-16,20,25,28-29H,6-8,12H2,(H,26,30)/t15-,16+,20-/m1/s1. The molecule has 1 saturated heterocycles. The lowest BCUT2D eigenvalue weighted by atomic mass is 10.00. The minimum atomic E-state index is -1.45. The van der Waals surface area contributed by atoms with Gasteiger partial charge in [0.25, 0.3) is 11.8 Å². The number of amides is 2. The Morgan fingerprint density at radius 1 is 1.29 bits per heavy atom. The maximum Gasteiger partial charge on any atom is 0.268 e. The molecule has 162 valence electrons. The van der Waals surface area contributed by atoms with Gasteiger partial charge in [-0.15, -0.1) is 0 Å². The number of carbonyl (C=O) groups excluding carboxylic acids is 2. The van der Waals surface area contributed by atoms with Crippen molar-refractivity contribution in [3.63, 3.8) is 0 Å². The van der Waals surface area contributed by atoms with Crippen molar-refractivity contribution in [3.05, 3.63) is 65.1 Å². The number of nitrogens with one attached hydrogen (secondary N) is 2. The molecule has 1 aliphatic heterocycles. The van der Waals surface area contributed by atoms with Crippen LogP contribution in [-0.4, -0.2) is 68.2 Å². The molecule has 1 aromatic carbocycles. The number of β-amino-alcohol motifs (C(OH)–C–C–N with tert-alkyl or cyclic N) is 1. The van der Waals surface area contributed by atoms with Gasteiger partial charge in [0.2, 0.25) is 0 Å². The van der Waals surface area contributed by atoms with Gasteiger partial charge in [0.05, 0.1) is 23.9 Å². The number of hydrogen-bond acceptors (Lipinski definition) is 5. The number of hydrogen-bond donors (Lipinski definition) is 4. The van der Waals surface area contributed by atoms with Crippen molar-refractivity contribution in [1.82, 2.24) is 20.2 Å². The SMILES string of the molecule is O=C(N[C@@H](Cc1ccccc1)[C@@H](O)C(=O)N1CC[C@@H](O)C1)c1cc2cc(Cl)ncc2[nH]1. The number of benzene rings is 1. The smallest absolute Gasteiger partial charge is 0.268 e. The molecule has 1 fully saturated rings. The molecule has 2 amide bonds. The first-order valence-electron chi connectivity index (χ1n) is 10.0. The summed E-state index contributed by atoms with van der Waals surface area (Å²) >= 11 is 5.91. The van der Waals surface area contributed by atoms with Crippen molar-refractivity contribution in [2.24, 2.45) is 0 Å². The number of aromatic nitrogens is 2. The average Bonchev–Trinajstić information content (AvgIpc) is 3.38. The highest BCUT2D eigenvalue weighted by atomic mass is 35.5. The predicted octanol–water partition coefficient (Wildman–Crippen LogP) is 1.51. The Bertz CT molecular complexity index is 1090. The first-order valence-corrected chi connectivity index (χ1v) is 10.4. The van der Waals surface area contributed by atoms with Crippen LogP contribution in [0.1, 0.15) is 22.5 Å². The number of aliphatic hydroxyl groups is 2. The van der Waals surface area contributed by atoms with Crippen LogP contribution in [-0.2, 0) is 11.2 Å². The van der Waals surface area contributed by atoms with E-state index in [0.29, 0.717) is 23.6 Å². The van der Waals surface area contributed by atoms with Crippen LogP contribution in [0, 0.1) is 0 Å². The summed E-state index contributed by atoms with van der Waals surface area (Å²) in [6.45, 7) is 0.552. The van der Waals surface area contributed by atoms with Crippen LogP contribution in [0.2, 0.25) is 5.15 Å². The van der Waals surface area contributed by atoms with Crippen LogP contribution >= 0.6 is 11.6 Å². The Morgan fingerprint density at radius 2 is 2.06 bits per heavy atom. The number of likely N-dealkylation sites (tertiary alicyclic amines) is 1. The van der Waals surface area contributed by atoms with Gasteiger partial charge in [-0.05, 0) is 30.5 Å². The van der Waals surface area contributed by atoms with Gasteiger partial charge < -0.3 is 25.4 Å². The zero-order chi connectivity index (χ0) is 22.0. The predicted molar refractivity (Wildman–Crippen MR) is 116 cm³/mol. The first-order chi connectivity index (χ1) is 14.9. The number of H-pyrrole nitrogens is 1. The lowest BCUT2D eigenvalue weighted by Gasteiger charge is -2.27. The van der Waals surface area contributed by atoms with E-state index in [1.54, 1.807) is 12.1 Å². The van der Waals surface area contributed by atoms with Crippen molar-refractivity contribution in [3.8, 4) is 0 Å². The Labute approximate surface area is 183 Å². The molecule has 0 saturated carbocycles. The van der Waals surface area contributed by atoms with Crippen LogP contribution in [0.5, 0.6) is 0 Å². The summed E-state index contributed by atoms with van der Waals surface area (Å²) in [5.41, 5.74) is 1.79. The van der Waals surface area contributed by atoms with Crippen LogP contribution < -0.4 is 5.32 Å². The van der Waals surface area contributed by atoms with Gasteiger partial charge in [-0.2, -0.15) is 0 Å². The summed E-state index contributed by atoms with van der Waals surface area (Å²) in [6.07, 6.45) is 0.232. The molecular weight excluding hydrogens is 420 g/mol. The first kappa shape index (κ1) is 21.3. The second-order valence-electron chi connectivity index (χ2n) is 7.72. The summed E-state index contributed by atoms with van der Waals surface area (Å²) in [5, 5.41) is 24.4. The minimum absolute atomic E-state index is 0.178. The number of carbonyl (C=O) groups is 2. The van der Waals surface area contributed by atoms with Gasteiger partial charge in [-0.25, -0.2) is 4.98 Å². The van der Waals surface area contributed by atoms with E-state index in [-0.39, 0.29) is 18.7 Å². The van der Waals surface area contributed by atoms with Gasteiger partial charge >= 0.3 is 0 Å². The minimum Gasteiger partial charge on any atom is -0.391 e. The highest BCUT2D eigenvalue weighted by molar-refractivity contribution is 6.30. The van der Waals surface area contributed by atoms with Crippen LogP contribution in [0.4, 0.5) is 0 Å². The molecule has 0 unspecified atom stereocenters. The maximum atomic E-state index is 12.9. The van der Waals surface area contributed by atoms with E-state index in [1.165, 1.54) is 11.1 Å². The van der Waals surface area contributed by atoms with E-state index >= 15 is 0 Å². The fourth-order valence-electron chi connectivity index (χ4n) is 3.78. The molecule has 0 bridgehead atoms. The van der Waals surface area contributed by atoms with Gasteiger partial charge in [-0.1, -0.05) is 41.9 Å². The molecular formula is C22H23ClN4O4. The van der Waals surface area contributed by atoms with Gasteiger partial charge in [-0.3, -0.25) is 9.59 Å². The molecule has 3 atom stereocenters. The molecule has 0 spiro atoms. The quantitative estimate of drug-likeness (QED) is 0.431. The Morgan fingerprint density at radius 3 is 2.77 bits per heavy atom. The molecule has 0 aliphatic carbocycles. The van der Waals surface area contributed by atoms with Gasteiger partial charge in [0, 0.05) is 18.5 Å². The van der Waals surface area contributed by atoms with Crippen LogP contribution in [0.3, 0.4) is 0 Å². The Hall–Kier alpha value is -2.94. The fourth-order valence-corrected chi connectivity index (χ4v) is 3.95. The lowest BCUT2D eigenvalue weighted by Crippen LogP contribution is -2.52. The van der Waals surface area contributed by atoms with E-state index in [1.807, 2.05) is 30.3 Å². The Kier molecular flexibility index (Phi) is 6.22. The van der Waals surface area contributed by atoms with Crippen molar-refractivity contribution in [1.29, 1.82) is 0 Å². The lowest BCUT2D eigenvalue weighted by molar-refractivity contribution is -0.140. The van der Waals surface area contributed by atoms with E-state index < -0.39 is 30.1 Å². The zero-order valence-electron chi connectivity index (χ0n) is 16.7. The monoisotopic (exact) mass is 442 g/mol. The molecule has 31 heavy (non-hydrogen) atoms. The van der Waals surface area contributed by atoms with E-state index in [9.17, 15) is 19.8 Å². The molecule has 2 aromatic heterocycles. The molecule has 8 nitrogen and oxygen atoms in total. The van der Waals surface area contributed by atoms with E-state index in [2.05, 4.69) is 15.3 Å². The number of fused-ring (bicyclic) bond motifs is 1. The molecule has 4 N–H and O–H groups in total. The number of aromatic amines is 1. The number of nitrogens with zero attached hydrogens (tertiary/aromatic N) is 2. The highest BCUT2D eigenvalue weighted by Crippen LogP contribution is 2.19. The largest absolute Gasteiger partial charge is 0.391 e. The number of aliphatic hydroxyl groups excluding tert-OH is 2. The Balaban J connectivity index is 1.55. The third-order valence-electron chi connectivity index (χ3n) is 5.44. The van der Waals surface area contributed by atoms with Crippen molar-refractivity contribution in [2.45, 2.75) is 31.1 Å². The number of pyridine rings is 1. The van der Waals surface area contributed by atoms with E-state index in [4.69, 9.17) is 11.6 Å². The molecule has 3 aromatic rings. The fraction of sp³-hybridized carbons (Fsp3) is 0.318. The summed E-state index contributed by atoms with van der Waals surface area (Å²) < 4.78 is 0. The van der Waals surface area contributed by atoms with Crippen molar-refractivity contribution < 1.29 is 19.8 Å². The summed E-state index contributed by atoms with van der Waals surface area (Å²) in [6, 6.07) is 11.7. The molecule has 4 rings (SSSR count). The highest BCUT2D eigenvalue weighted by Gasteiger charge is 2.34. The van der Waals surface area contributed by atoms with Gasteiger partial charge in [0.15, 0.2) is 6.10 Å². The van der Waals surface area contributed by atoms with Crippen molar-refractivity contribution in [2.75, 3.05) is 13.1 Å². The zero-order valence-corrected chi connectivity index (χ0v) is 17.4. The second-order valence-corrected chi connectivity index (χ2v) is 8.11. The van der Waals surface area contributed by atoms with Crippen LogP contribution in [0.25, 0.3) is 10.9 Å². The topological polar surface area (TPSA) is 119 Å².